The lowest BCUT2D eigenvalue weighted by molar-refractivity contribution is -0.118. The molecule has 2 aliphatic rings. The summed E-state index contributed by atoms with van der Waals surface area (Å²) >= 11 is 0. The lowest BCUT2D eigenvalue weighted by atomic mass is 10.1. The molecule has 1 aromatic carbocycles. The van der Waals surface area contributed by atoms with E-state index in [2.05, 4.69) is 25.2 Å². The second-order valence-electron chi connectivity index (χ2n) is 8.00. The molecule has 0 aromatic heterocycles. The van der Waals surface area contributed by atoms with Crippen molar-refractivity contribution < 1.29 is 18.3 Å². The van der Waals surface area contributed by atoms with Crippen LogP contribution in [0.15, 0.2) is 29.8 Å². The van der Waals surface area contributed by atoms with E-state index in [9.17, 15) is 18.3 Å². The number of carbonyl (C=O) groups is 1. The first-order chi connectivity index (χ1) is 12.0. The van der Waals surface area contributed by atoms with Gasteiger partial charge in [0.25, 0.3) is 0 Å². The summed E-state index contributed by atoms with van der Waals surface area (Å²) in [4.78, 5) is 12.7. The van der Waals surface area contributed by atoms with Gasteiger partial charge in [0.2, 0.25) is 15.9 Å². The van der Waals surface area contributed by atoms with Crippen molar-refractivity contribution >= 4 is 27.3 Å². The van der Waals surface area contributed by atoms with Crippen molar-refractivity contribution in [3.05, 3.63) is 29.8 Å². The van der Waals surface area contributed by atoms with Gasteiger partial charge in [-0.25, -0.2) is 8.42 Å². The van der Waals surface area contributed by atoms with Crippen molar-refractivity contribution in [2.45, 2.75) is 34.1 Å². The summed E-state index contributed by atoms with van der Waals surface area (Å²) in [5, 5.41) is 12.9. The third kappa shape index (κ3) is 3.32. The van der Waals surface area contributed by atoms with Gasteiger partial charge in [-0.05, 0) is 49.8 Å². The van der Waals surface area contributed by atoms with E-state index in [4.69, 9.17) is 0 Å². The topological polar surface area (TPSA) is 86.7 Å². The zero-order chi connectivity index (χ0) is 19.3. The molecule has 1 amide bonds. The molecule has 2 atom stereocenters. The molecule has 1 aromatic rings. The summed E-state index contributed by atoms with van der Waals surface area (Å²) in [6, 6.07) is 4.51. The van der Waals surface area contributed by atoms with Crippen molar-refractivity contribution in [3.8, 4) is 5.75 Å². The average Bonchev–Trinajstić information content (AvgIpc) is 2.86. The first-order valence-electron chi connectivity index (χ1n) is 8.83. The van der Waals surface area contributed by atoms with Crippen LogP contribution in [0.5, 0.6) is 5.75 Å². The number of aromatic hydroxyl groups is 1. The number of amides is 1. The van der Waals surface area contributed by atoms with Crippen LogP contribution < -0.4 is 9.62 Å². The van der Waals surface area contributed by atoms with Gasteiger partial charge in [-0.2, -0.15) is 0 Å². The second-order valence-corrected chi connectivity index (χ2v) is 10.0. The van der Waals surface area contributed by atoms with Crippen LogP contribution in [0, 0.1) is 17.3 Å². The van der Waals surface area contributed by atoms with Crippen LogP contribution >= 0.6 is 0 Å². The van der Waals surface area contributed by atoms with Crippen molar-refractivity contribution in [3.63, 3.8) is 0 Å². The molecule has 1 aliphatic carbocycles. The highest BCUT2D eigenvalue weighted by Gasteiger charge is 2.60. The van der Waals surface area contributed by atoms with Gasteiger partial charge >= 0.3 is 0 Å². The van der Waals surface area contributed by atoms with Crippen molar-refractivity contribution in [2.24, 2.45) is 17.3 Å². The highest BCUT2D eigenvalue weighted by Crippen LogP contribution is 2.59. The largest absolute Gasteiger partial charge is 0.506 e. The predicted octanol–water partition coefficient (Wildman–Crippen LogP) is 3.11. The summed E-state index contributed by atoms with van der Waals surface area (Å²) in [7, 11) is -3.31. The minimum Gasteiger partial charge on any atom is -0.506 e. The fourth-order valence-electron chi connectivity index (χ4n) is 3.77. The van der Waals surface area contributed by atoms with Gasteiger partial charge in [0, 0.05) is 6.54 Å². The highest BCUT2D eigenvalue weighted by molar-refractivity contribution is 7.93. The van der Waals surface area contributed by atoms with Crippen LogP contribution in [0.1, 0.15) is 34.1 Å². The van der Waals surface area contributed by atoms with Crippen molar-refractivity contribution in [1.82, 2.24) is 0 Å². The number of phenols is 1. The van der Waals surface area contributed by atoms with Crippen molar-refractivity contribution in [1.29, 1.82) is 0 Å². The Bertz CT molecular complexity index is 870. The lowest BCUT2D eigenvalue weighted by Crippen LogP contribution is -2.25. The summed E-state index contributed by atoms with van der Waals surface area (Å²) in [5.74, 6) is -0.117. The zero-order valence-corrected chi connectivity index (χ0v) is 16.4. The van der Waals surface area contributed by atoms with Gasteiger partial charge in [0.05, 0.1) is 23.0 Å². The molecule has 2 fully saturated rings. The fraction of sp³-hybridized carbons (Fsp3) is 0.526. The molecule has 0 radical (unpaired) electrons. The molecule has 0 spiro atoms. The Morgan fingerprint density at radius 3 is 2.62 bits per heavy atom. The van der Waals surface area contributed by atoms with Gasteiger partial charge in [-0.1, -0.05) is 25.5 Å². The zero-order valence-electron chi connectivity index (χ0n) is 15.6. The fourth-order valence-corrected chi connectivity index (χ4v) is 5.32. The number of anilines is 2. The van der Waals surface area contributed by atoms with Gasteiger partial charge in [0.15, 0.2) is 0 Å². The molecule has 26 heavy (non-hydrogen) atoms. The minimum absolute atomic E-state index is 0.0732. The molecule has 1 saturated heterocycles. The molecule has 6 nitrogen and oxygen atoms in total. The van der Waals surface area contributed by atoms with Crippen LogP contribution in [0.25, 0.3) is 0 Å². The summed E-state index contributed by atoms with van der Waals surface area (Å²) in [5.41, 5.74) is 1.74. The van der Waals surface area contributed by atoms with E-state index >= 15 is 0 Å². The summed E-state index contributed by atoms with van der Waals surface area (Å²) in [6.45, 7) is 8.53. The molecular weight excluding hydrogens is 352 g/mol. The van der Waals surface area contributed by atoms with Crippen LogP contribution in [0.4, 0.5) is 11.4 Å². The van der Waals surface area contributed by atoms with E-state index in [0.717, 1.165) is 0 Å². The number of allylic oxidation sites excluding steroid dienone is 2. The molecular formula is C19H26N2O4S. The molecule has 1 heterocycles. The van der Waals surface area contributed by atoms with Gasteiger partial charge in [0.1, 0.15) is 5.75 Å². The maximum atomic E-state index is 12.7. The molecule has 1 aliphatic heterocycles. The number of benzene rings is 1. The Morgan fingerprint density at radius 1 is 1.35 bits per heavy atom. The number of sulfonamides is 1. The normalized spacial score (nSPS) is 25.6. The third-order valence-electron chi connectivity index (χ3n) is 5.33. The minimum atomic E-state index is -3.31. The van der Waals surface area contributed by atoms with E-state index in [1.54, 1.807) is 6.07 Å². The van der Waals surface area contributed by atoms with E-state index in [1.165, 1.54) is 22.0 Å². The number of nitrogens with one attached hydrogen (secondary N) is 1. The summed E-state index contributed by atoms with van der Waals surface area (Å²) in [6.07, 6.45) is 2.68. The average molecular weight is 378 g/mol. The lowest BCUT2D eigenvalue weighted by Gasteiger charge is -2.18. The van der Waals surface area contributed by atoms with Gasteiger partial charge in [-0.15, -0.1) is 0 Å². The van der Waals surface area contributed by atoms with Crippen LogP contribution in [-0.4, -0.2) is 31.7 Å². The van der Waals surface area contributed by atoms with Gasteiger partial charge < -0.3 is 10.4 Å². The predicted molar refractivity (Wildman–Crippen MR) is 103 cm³/mol. The van der Waals surface area contributed by atoms with Crippen LogP contribution in [0.3, 0.4) is 0 Å². The smallest absolute Gasteiger partial charge is 0.235 e. The number of carbonyl (C=O) groups excluding carboxylic acids is 1. The molecule has 7 heteroatoms. The Labute approximate surface area is 155 Å². The Morgan fingerprint density at radius 2 is 2.04 bits per heavy atom. The van der Waals surface area contributed by atoms with E-state index in [0.29, 0.717) is 18.7 Å². The van der Waals surface area contributed by atoms with Crippen molar-refractivity contribution in [2.75, 3.05) is 21.9 Å². The van der Waals surface area contributed by atoms with Gasteiger partial charge in [-0.3, -0.25) is 9.10 Å². The number of nitrogens with zero attached hydrogens (tertiary/aromatic N) is 1. The first-order valence-corrected chi connectivity index (χ1v) is 10.4. The van der Waals surface area contributed by atoms with E-state index < -0.39 is 10.0 Å². The molecule has 142 valence electrons. The maximum Gasteiger partial charge on any atom is 0.235 e. The Hall–Kier alpha value is -2.02. The SMILES string of the molecule is CC(C)=CC1C(C(=O)Nc2cc(N3CCCS3(=O)=O)ccc2O)C1(C)C. The van der Waals surface area contributed by atoms with E-state index in [-0.39, 0.29) is 40.3 Å². The number of phenolic OH excluding ortho intramolecular Hbond substituents is 1. The summed E-state index contributed by atoms with van der Waals surface area (Å²) < 4.78 is 25.5. The Balaban J connectivity index is 1.81. The molecule has 0 bridgehead atoms. The van der Waals surface area contributed by atoms with Crippen LogP contribution in [-0.2, 0) is 14.8 Å². The molecule has 2 unspecified atom stereocenters. The molecule has 1 saturated carbocycles. The second kappa shape index (κ2) is 6.30. The molecule has 2 N–H and O–H groups in total. The number of rotatable bonds is 4. The first kappa shape index (κ1) is 18.8. The molecule has 3 rings (SSSR count). The quantitative estimate of drug-likeness (QED) is 0.623. The third-order valence-corrected chi connectivity index (χ3v) is 7.20. The number of hydrogen-bond donors (Lipinski definition) is 2. The standard InChI is InChI=1S/C19H26N2O4S/c1-12(2)10-14-17(19(14,3)4)18(23)20-15-11-13(6-7-16(15)22)21-8-5-9-26(21,24)25/h6-7,10-11,14,17,22H,5,8-9H2,1-4H3,(H,20,23). The monoisotopic (exact) mass is 378 g/mol. The Kier molecular flexibility index (Phi) is 4.55. The number of hydrogen-bond acceptors (Lipinski definition) is 4. The van der Waals surface area contributed by atoms with Crippen LogP contribution in [0.2, 0.25) is 0 Å². The maximum absolute atomic E-state index is 12.7. The highest BCUT2D eigenvalue weighted by atomic mass is 32.2. The van der Waals surface area contributed by atoms with E-state index in [1.807, 2.05) is 13.8 Å².